The summed E-state index contributed by atoms with van der Waals surface area (Å²) >= 11 is 7.77. The summed E-state index contributed by atoms with van der Waals surface area (Å²) in [5.41, 5.74) is 7.91. The number of methoxy groups -OCH3 is 1. The molecule has 19 heavy (non-hydrogen) atoms. The van der Waals surface area contributed by atoms with Gasteiger partial charge in [0.25, 0.3) is 0 Å². The monoisotopic (exact) mass is 296 g/mol. The molecule has 0 fully saturated rings. The van der Waals surface area contributed by atoms with Crippen molar-refractivity contribution in [3.8, 4) is 5.75 Å². The molecule has 0 unspecified atom stereocenters. The van der Waals surface area contributed by atoms with Crippen LogP contribution in [0.3, 0.4) is 0 Å². The lowest BCUT2D eigenvalue weighted by Crippen LogP contribution is -1.96. The molecule has 0 spiro atoms. The molecule has 102 valence electrons. The standard InChI is InChI=1S/C14H17ClN2OS/c1-8(2)13-12(19-14(16)17-13)7-9-6-10(18-3)4-5-11(9)15/h4-6,8H,7H2,1-3H3,(H2,16,17). The molecule has 0 aliphatic rings. The first-order valence-corrected chi connectivity index (χ1v) is 7.28. The molecule has 0 radical (unpaired) electrons. The fourth-order valence-corrected chi connectivity index (χ4v) is 3.14. The summed E-state index contributed by atoms with van der Waals surface area (Å²) in [5, 5.41) is 1.35. The van der Waals surface area contributed by atoms with E-state index in [9.17, 15) is 0 Å². The van der Waals surface area contributed by atoms with E-state index < -0.39 is 0 Å². The molecule has 0 aliphatic heterocycles. The Bertz CT molecular complexity index is 581. The van der Waals surface area contributed by atoms with Gasteiger partial charge in [0.05, 0.1) is 12.8 Å². The summed E-state index contributed by atoms with van der Waals surface area (Å²) in [6.45, 7) is 4.23. The molecule has 3 nitrogen and oxygen atoms in total. The molecule has 5 heteroatoms. The first-order valence-electron chi connectivity index (χ1n) is 6.08. The number of benzene rings is 1. The van der Waals surface area contributed by atoms with Crippen LogP contribution in [0.5, 0.6) is 5.75 Å². The van der Waals surface area contributed by atoms with Crippen LogP contribution in [0.2, 0.25) is 5.02 Å². The van der Waals surface area contributed by atoms with Crippen molar-refractivity contribution in [2.45, 2.75) is 26.2 Å². The minimum absolute atomic E-state index is 0.355. The van der Waals surface area contributed by atoms with Crippen LogP contribution in [0, 0.1) is 0 Å². The third kappa shape index (κ3) is 3.19. The lowest BCUT2D eigenvalue weighted by molar-refractivity contribution is 0.414. The third-order valence-corrected chi connectivity index (χ3v) is 4.16. The quantitative estimate of drug-likeness (QED) is 0.924. The van der Waals surface area contributed by atoms with Crippen molar-refractivity contribution >= 4 is 28.1 Å². The van der Waals surface area contributed by atoms with Crippen LogP contribution in [0.25, 0.3) is 0 Å². The number of ether oxygens (including phenoxy) is 1. The number of hydrogen-bond donors (Lipinski definition) is 1. The van der Waals surface area contributed by atoms with Gasteiger partial charge < -0.3 is 10.5 Å². The predicted octanol–water partition coefficient (Wildman–Crippen LogP) is 4.10. The number of nitrogens with two attached hydrogens (primary N) is 1. The van der Waals surface area contributed by atoms with Gasteiger partial charge in [0.1, 0.15) is 5.75 Å². The average Bonchev–Trinajstić information content (AvgIpc) is 2.73. The van der Waals surface area contributed by atoms with E-state index in [4.69, 9.17) is 22.1 Å². The maximum atomic E-state index is 6.24. The third-order valence-electron chi connectivity index (χ3n) is 2.89. The number of anilines is 1. The lowest BCUT2D eigenvalue weighted by atomic mass is 10.0. The van der Waals surface area contributed by atoms with Gasteiger partial charge in [-0.3, -0.25) is 0 Å². The largest absolute Gasteiger partial charge is 0.497 e. The number of halogens is 1. The van der Waals surface area contributed by atoms with Crippen molar-refractivity contribution in [2.75, 3.05) is 12.8 Å². The second kappa shape index (κ2) is 5.80. The highest BCUT2D eigenvalue weighted by atomic mass is 35.5. The smallest absolute Gasteiger partial charge is 0.180 e. The van der Waals surface area contributed by atoms with E-state index in [1.807, 2.05) is 18.2 Å². The zero-order valence-electron chi connectivity index (χ0n) is 11.2. The molecule has 0 saturated carbocycles. The van der Waals surface area contributed by atoms with Crippen molar-refractivity contribution in [3.05, 3.63) is 39.4 Å². The highest BCUT2D eigenvalue weighted by Crippen LogP contribution is 2.31. The van der Waals surface area contributed by atoms with Crippen molar-refractivity contribution in [2.24, 2.45) is 0 Å². The molecule has 2 aromatic rings. The molecule has 0 saturated heterocycles. The van der Waals surface area contributed by atoms with Crippen LogP contribution in [-0.2, 0) is 6.42 Å². The normalized spacial score (nSPS) is 11.0. The molecule has 1 heterocycles. The minimum atomic E-state index is 0.355. The van der Waals surface area contributed by atoms with Gasteiger partial charge in [-0.2, -0.15) is 0 Å². The number of hydrogen-bond acceptors (Lipinski definition) is 4. The van der Waals surface area contributed by atoms with Crippen LogP contribution in [0.1, 0.15) is 35.9 Å². The van der Waals surface area contributed by atoms with E-state index in [-0.39, 0.29) is 0 Å². The lowest BCUT2D eigenvalue weighted by Gasteiger charge is -2.08. The Labute approximate surface area is 122 Å². The van der Waals surface area contributed by atoms with E-state index in [1.54, 1.807) is 7.11 Å². The van der Waals surface area contributed by atoms with E-state index in [1.165, 1.54) is 16.2 Å². The van der Waals surface area contributed by atoms with E-state index in [0.29, 0.717) is 11.0 Å². The fourth-order valence-electron chi connectivity index (χ4n) is 1.95. The Balaban J connectivity index is 2.35. The highest BCUT2D eigenvalue weighted by Gasteiger charge is 2.15. The highest BCUT2D eigenvalue weighted by molar-refractivity contribution is 7.15. The van der Waals surface area contributed by atoms with Gasteiger partial charge in [0.2, 0.25) is 0 Å². The summed E-state index contributed by atoms with van der Waals surface area (Å²) in [6, 6.07) is 5.67. The van der Waals surface area contributed by atoms with E-state index >= 15 is 0 Å². The molecular weight excluding hydrogens is 280 g/mol. The molecule has 0 aliphatic carbocycles. The van der Waals surface area contributed by atoms with Gasteiger partial charge in [-0.1, -0.05) is 25.4 Å². The van der Waals surface area contributed by atoms with Crippen molar-refractivity contribution < 1.29 is 4.74 Å². The Morgan fingerprint density at radius 1 is 1.42 bits per heavy atom. The van der Waals surface area contributed by atoms with Gasteiger partial charge >= 0.3 is 0 Å². The second-order valence-corrected chi connectivity index (χ2v) is 6.17. The van der Waals surface area contributed by atoms with E-state index in [0.717, 1.165) is 28.5 Å². The summed E-state index contributed by atoms with van der Waals surface area (Å²) in [4.78, 5) is 5.57. The zero-order valence-corrected chi connectivity index (χ0v) is 12.8. The Morgan fingerprint density at radius 3 is 2.79 bits per heavy atom. The van der Waals surface area contributed by atoms with Crippen molar-refractivity contribution in [1.82, 2.24) is 4.98 Å². The number of thiazole rings is 1. The van der Waals surface area contributed by atoms with Gasteiger partial charge in [-0.05, 0) is 29.7 Å². The second-order valence-electron chi connectivity index (χ2n) is 4.65. The van der Waals surface area contributed by atoms with Crippen LogP contribution in [0.4, 0.5) is 5.13 Å². The molecule has 0 amide bonds. The van der Waals surface area contributed by atoms with Crippen molar-refractivity contribution in [3.63, 3.8) is 0 Å². The van der Waals surface area contributed by atoms with Crippen LogP contribution < -0.4 is 10.5 Å². The SMILES string of the molecule is COc1ccc(Cl)c(Cc2sc(N)nc2C(C)C)c1. The topological polar surface area (TPSA) is 48.1 Å². The zero-order chi connectivity index (χ0) is 14.0. The van der Waals surface area contributed by atoms with Gasteiger partial charge in [-0.25, -0.2) is 4.98 Å². The Kier molecular flexibility index (Phi) is 4.32. The molecule has 1 aromatic heterocycles. The molecule has 2 N–H and O–H groups in total. The summed E-state index contributed by atoms with van der Waals surface area (Å²) < 4.78 is 5.23. The molecule has 1 aromatic carbocycles. The van der Waals surface area contributed by atoms with Gasteiger partial charge in [0, 0.05) is 16.3 Å². The first-order chi connectivity index (χ1) is 9.01. The summed E-state index contributed by atoms with van der Waals surface area (Å²) in [6.07, 6.45) is 0.735. The van der Waals surface area contributed by atoms with Gasteiger partial charge in [-0.15, -0.1) is 11.3 Å². The minimum Gasteiger partial charge on any atom is -0.497 e. The van der Waals surface area contributed by atoms with Crippen LogP contribution in [0.15, 0.2) is 18.2 Å². The molecule has 0 atom stereocenters. The summed E-state index contributed by atoms with van der Waals surface area (Å²) in [5.74, 6) is 1.16. The average molecular weight is 297 g/mol. The maximum absolute atomic E-state index is 6.24. The fraction of sp³-hybridized carbons (Fsp3) is 0.357. The molecule has 2 rings (SSSR count). The first kappa shape index (κ1) is 14.2. The summed E-state index contributed by atoms with van der Waals surface area (Å²) in [7, 11) is 1.65. The number of nitrogens with zero attached hydrogens (tertiary/aromatic N) is 1. The molecule has 0 bridgehead atoms. The van der Waals surface area contributed by atoms with Gasteiger partial charge in [0.15, 0.2) is 5.13 Å². The van der Waals surface area contributed by atoms with Crippen molar-refractivity contribution in [1.29, 1.82) is 0 Å². The molecular formula is C14H17ClN2OS. The Morgan fingerprint density at radius 2 is 2.16 bits per heavy atom. The number of nitrogen functional groups attached to an aromatic ring is 1. The Hall–Kier alpha value is -1.26. The van der Waals surface area contributed by atoms with Crippen LogP contribution in [-0.4, -0.2) is 12.1 Å². The maximum Gasteiger partial charge on any atom is 0.180 e. The van der Waals surface area contributed by atoms with Crippen LogP contribution >= 0.6 is 22.9 Å². The number of aromatic nitrogens is 1. The number of rotatable bonds is 4. The predicted molar refractivity (Wildman–Crippen MR) is 81.4 cm³/mol. The van der Waals surface area contributed by atoms with E-state index in [2.05, 4.69) is 18.8 Å².